The molecule has 0 unspecified atom stereocenters. The molecule has 0 bridgehead atoms. The van der Waals surface area contributed by atoms with Crippen LogP contribution >= 0.6 is 11.6 Å². The maximum Gasteiger partial charge on any atom is 0.339 e. The van der Waals surface area contributed by atoms with E-state index in [1.54, 1.807) is 32.0 Å². The highest BCUT2D eigenvalue weighted by atomic mass is 35.5. The van der Waals surface area contributed by atoms with Crippen LogP contribution in [0.4, 0.5) is 0 Å². The summed E-state index contributed by atoms with van der Waals surface area (Å²) in [5, 5.41) is 12.5. The molecule has 0 saturated heterocycles. The lowest BCUT2D eigenvalue weighted by Crippen LogP contribution is -2.15. The van der Waals surface area contributed by atoms with Gasteiger partial charge in [0.15, 0.2) is 0 Å². The van der Waals surface area contributed by atoms with E-state index in [1.165, 1.54) is 11.9 Å². The van der Waals surface area contributed by atoms with Gasteiger partial charge in [-0.1, -0.05) is 23.7 Å². The number of aromatic amines is 1. The summed E-state index contributed by atoms with van der Waals surface area (Å²) in [6, 6.07) is 7.11. The largest absolute Gasteiger partial charge is 0.465 e. The maximum atomic E-state index is 12.6. The van der Waals surface area contributed by atoms with Gasteiger partial charge < -0.3 is 9.72 Å². The lowest BCUT2D eigenvalue weighted by Gasteiger charge is -2.01. The maximum absolute atomic E-state index is 12.6. The monoisotopic (exact) mass is 373 g/mol. The summed E-state index contributed by atoms with van der Waals surface area (Å²) in [6.45, 7) is 3.27. The van der Waals surface area contributed by atoms with Gasteiger partial charge in [0.05, 0.1) is 23.4 Å². The summed E-state index contributed by atoms with van der Waals surface area (Å²) in [5.74, 6) is -0.433. The molecule has 0 aliphatic carbocycles. The molecule has 1 N–H and O–H groups in total. The minimum atomic E-state index is -0.491. The Hall–Kier alpha value is -3.00. The summed E-state index contributed by atoms with van der Waals surface area (Å²) in [4.78, 5) is 28.5. The first kappa shape index (κ1) is 17.8. The van der Waals surface area contributed by atoms with Gasteiger partial charge >= 0.3 is 5.97 Å². The molecule has 134 valence electrons. The number of halogens is 1. The van der Waals surface area contributed by atoms with Crippen molar-refractivity contribution in [2.24, 2.45) is 0 Å². The van der Waals surface area contributed by atoms with E-state index in [2.05, 4.69) is 20.4 Å². The molecule has 0 fully saturated rings. The van der Waals surface area contributed by atoms with E-state index in [4.69, 9.17) is 16.3 Å². The van der Waals surface area contributed by atoms with Gasteiger partial charge in [0.1, 0.15) is 6.54 Å². The first-order chi connectivity index (χ1) is 12.4. The number of aromatic nitrogens is 5. The number of hydrogen-bond acceptors (Lipinski definition) is 6. The van der Waals surface area contributed by atoms with Crippen LogP contribution in [0.3, 0.4) is 0 Å². The van der Waals surface area contributed by atoms with E-state index in [0.29, 0.717) is 38.9 Å². The fourth-order valence-electron chi connectivity index (χ4n) is 2.71. The smallest absolute Gasteiger partial charge is 0.339 e. The fraction of sp³-hybridized carbons (Fsp3) is 0.235. The van der Waals surface area contributed by atoms with E-state index in [9.17, 15) is 9.59 Å². The Morgan fingerprint density at radius 3 is 2.69 bits per heavy atom. The zero-order valence-electron chi connectivity index (χ0n) is 14.4. The highest BCUT2D eigenvalue weighted by Gasteiger charge is 2.23. The van der Waals surface area contributed by atoms with Gasteiger partial charge in [-0.15, -0.1) is 10.2 Å². The third kappa shape index (κ3) is 3.23. The molecule has 0 amide bonds. The van der Waals surface area contributed by atoms with E-state index in [-0.39, 0.29) is 12.3 Å². The lowest BCUT2D eigenvalue weighted by molar-refractivity contribution is 0.0599. The van der Waals surface area contributed by atoms with Crippen LogP contribution in [0, 0.1) is 13.8 Å². The molecular formula is C17H16ClN5O3. The van der Waals surface area contributed by atoms with Gasteiger partial charge in [-0.3, -0.25) is 4.79 Å². The number of H-pyrrole nitrogens is 1. The van der Waals surface area contributed by atoms with Gasteiger partial charge in [0.2, 0.25) is 11.6 Å². The van der Waals surface area contributed by atoms with Crippen LogP contribution in [-0.2, 0) is 11.3 Å². The average Bonchev–Trinajstić information content (AvgIpc) is 3.19. The van der Waals surface area contributed by atoms with Crippen molar-refractivity contribution in [1.82, 2.24) is 25.2 Å². The molecular weight excluding hydrogens is 358 g/mol. The van der Waals surface area contributed by atoms with Crippen molar-refractivity contribution in [1.29, 1.82) is 0 Å². The van der Waals surface area contributed by atoms with Crippen molar-refractivity contribution in [3.8, 4) is 11.4 Å². The Bertz CT molecular complexity index is 992. The average molecular weight is 374 g/mol. The molecule has 3 rings (SSSR count). The predicted octanol–water partition coefficient (Wildman–Crippen LogP) is 2.61. The number of ether oxygens (including phenoxy) is 1. The molecule has 0 atom stereocenters. The van der Waals surface area contributed by atoms with Crippen LogP contribution in [0.25, 0.3) is 11.4 Å². The summed E-state index contributed by atoms with van der Waals surface area (Å²) in [5.41, 5.74) is 2.41. The molecule has 8 nitrogen and oxygen atoms in total. The highest BCUT2D eigenvalue weighted by Crippen LogP contribution is 2.24. The number of nitrogens with one attached hydrogen (secondary N) is 1. The fourth-order valence-corrected chi connectivity index (χ4v) is 2.93. The second-order valence-electron chi connectivity index (χ2n) is 5.66. The number of ketones is 1. The molecule has 2 heterocycles. The summed E-state index contributed by atoms with van der Waals surface area (Å²) < 4.78 is 4.75. The first-order valence-corrected chi connectivity index (χ1v) is 8.13. The van der Waals surface area contributed by atoms with Crippen molar-refractivity contribution in [2.45, 2.75) is 20.4 Å². The Morgan fingerprint density at radius 1 is 1.27 bits per heavy atom. The quantitative estimate of drug-likeness (QED) is 0.544. The standard InChI is InChI=1S/C17H16ClN5O3/c1-9-14(17(25)26-3)10(2)19-15(9)13(24)8-23-21-16(20-22-23)11-6-4-5-7-12(11)18/h4-7,19H,8H2,1-3H3. The van der Waals surface area contributed by atoms with Crippen molar-refractivity contribution in [3.05, 3.63) is 51.8 Å². The number of hydrogen-bond donors (Lipinski definition) is 1. The SMILES string of the molecule is COC(=O)c1c(C)[nH]c(C(=O)Cn2nnc(-c3ccccc3Cl)n2)c1C. The topological polar surface area (TPSA) is 103 Å². The number of nitrogens with zero attached hydrogens (tertiary/aromatic N) is 4. The third-order valence-corrected chi connectivity index (χ3v) is 4.29. The molecule has 3 aromatic rings. The van der Waals surface area contributed by atoms with Crippen LogP contribution in [0.2, 0.25) is 5.02 Å². The Balaban J connectivity index is 1.84. The molecule has 0 aliphatic heterocycles. The van der Waals surface area contributed by atoms with Gasteiger partial charge in [0.25, 0.3) is 0 Å². The highest BCUT2D eigenvalue weighted by molar-refractivity contribution is 6.33. The zero-order valence-corrected chi connectivity index (χ0v) is 15.2. The number of carbonyl (C=O) groups is 2. The number of esters is 1. The van der Waals surface area contributed by atoms with E-state index < -0.39 is 5.97 Å². The Morgan fingerprint density at radius 2 is 2.00 bits per heavy atom. The van der Waals surface area contributed by atoms with Crippen molar-refractivity contribution in [2.75, 3.05) is 7.11 Å². The minimum Gasteiger partial charge on any atom is -0.465 e. The zero-order chi connectivity index (χ0) is 18.8. The van der Waals surface area contributed by atoms with E-state index in [0.717, 1.165) is 0 Å². The summed E-state index contributed by atoms with van der Waals surface area (Å²) in [7, 11) is 1.30. The van der Waals surface area contributed by atoms with Gasteiger partial charge in [-0.2, -0.15) is 4.80 Å². The Labute approximate surface area is 154 Å². The van der Waals surface area contributed by atoms with Gasteiger partial charge in [0, 0.05) is 11.3 Å². The number of rotatable bonds is 5. The molecule has 0 aliphatic rings. The molecule has 0 spiro atoms. The molecule has 0 saturated carbocycles. The van der Waals surface area contributed by atoms with E-state index in [1.807, 2.05) is 6.07 Å². The van der Waals surface area contributed by atoms with Crippen LogP contribution in [-0.4, -0.2) is 44.1 Å². The minimum absolute atomic E-state index is 0.126. The van der Waals surface area contributed by atoms with Gasteiger partial charge in [-0.25, -0.2) is 4.79 Å². The Kier molecular flexibility index (Phi) is 4.85. The second-order valence-corrected chi connectivity index (χ2v) is 6.07. The number of benzene rings is 1. The number of carbonyl (C=O) groups excluding carboxylic acids is 2. The predicted molar refractivity (Wildman–Crippen MR) is 94.2 cm³/mol. The number of methoxy groups -OCH3 is 1. The molecule has 0 radical (unpaired) electrons. The van der Waals surface area contributed by atoms with Gasteiger partial charge in [-0.05, 0) is 36.8 Å². The molecule has 26 heavy (non-hydrogen) atoms. The van der Waals surface area contributed by atoms with Crippen molar-refractivity contribution >= 4 is 23.4 Å². The van der Waals surface area contributed by atoms with Crippen LogP contribution in [0.5, 0.6) is 0 Å². The normalized spacial score (nSPS) is 10.8. The van der Waals surface area contributed by atoms with Crippen LogP contribution in [0.15, 0.2) is 24.3 Å². The molecule has 1 aromatic carbocycles. The van der Waals surface area contributed by atoms with Crippen molar-refractivity contribution in [3.63, 3.8) is 0 Å². The second kappa shape index (κ2) is 7.09. The van der Waals surface area contributed by atoms with Crippen LogP contribution < -0.4 is 0 Å². The number of Topliss-reactive ketones (excluding diaryl/α,β-unsaturated/α-hetero) is 1. The summed E-state index contributed by atoms with van der Waals surface area (Å²) >= 11 is 6.12. The third-order valence-electron chi connectivity index (χ3n) is 3.96. The van der Waals surface area contributed by atoms with Crippen LogP contribution in [0.1, 0.15) is 32.1 Å². The first-order valence-electron chi connectivity index (χ1n) is 7.75. The lowest BCUT2D eigenvalue weighted by atomic mass is 10.1. The number of tetrazole rings is 1. The molecule has 2 aromatic heterocycles. The molecule has 9 heteroatoms. The number of aryl methyl sites for hydroxylation is 1. The van der Waals surface area contributed by atoms with Crippen molar-refractivity contribution < 1.29 is 14.3 Å². The van der Waals surface area contributed by atoms with E-state index >= 15 is 0 Å². The summed E-state index contributed by atoms with van der Waals surface area (Å²) in [6.07, 6.45) is 0.